The molecular weight excluding hydrogens is 166 g/mol. The van der Waals surface area contributed by atoms with Gasteiger partial charge in [-0.15, -0.1) is 5.10 Å². The highest BCUT2D eigenvalue weighted by Crippen LogP contribution is 2.15. The number of rotatable bonds is 1. The maximum atomic E-state index is 5.87. The van der Waals surface area contributed by atoms with E-state index < -0.39 is 0 Å². The van der Waals surface area contributed by atoms with E-state index in [1.54, 1.807) is 4.68 Å². The third-order valence-electron chi connectivity index (χ3n) is 2.37. The quantitative estimate of drug-likeness (QED) is 0.648. The first-order valence-electron chi connectivity index (χ1n) is 4.62. The molecular formula is C8H15N5. The fraction of sp³-hybridized carbons (Fsp3) is 0.750. The fourth-order valence-electron chi connectivity index (χ4n) is 1.70. The van der Waals surface area contributed by atoms with Crippen LogP contribution < -0.4 is 10.6 Å². The Labute approximate surface area is 77.5 Å². The van der Waals surface area contributed by atoms with Crippen molar-refractivity contribution in [3.8, 4) is 0 Å². The number of anilines is 1. The van der Waals surface area contributed by atoms with E-state index in [0.717, 1.165) is 31.7 Å². The Morgan fingerprint density at radius 1 is 1.62 bits per heavy atom. The summed E-state index contributed by atoms with van der Waals surface area (Å²) < 4.78 is 1.72. The lowest BCUT2D eigenvalue weighted by molar-refractivity contribution is 0.503. The van der Waals surface area contributed by atoms with Crippen molar-refractivity contribution in [1.82, 2.24) is 15.0 Å². The van der Waals surface area contributed by atoms with Crippen LogP contribution in [0.4, 0.5) is 5.82 Å². The molecule has 2 heterocycles. The molecule has 0 aromatic carbocycles. The molecule has 0 saturated carbocycles. The van der Waals surface area contributed by atoms with Gasteiger partial charge in [0, 0.05) is 26.2 Å². The summed E-state index contributed by atoms with van der Waals surface area (Å²) in [6, 6.07) is 0.288. The molecule has 72 valence electrons. The van der Waals surface area contributed by atoms with E-state index in [4.69, 9.17) is 5.73 Å². The molecule has 1 aromatic heterocycles. The molecule has 1 aromatic rings. The number of nitrogens with two attached hydrogens (primary N) is 1. The minimum atomic E-state index is 0.288. The van der Waals surface area contributed by atoms with Crippen molar-refractivity contribution in [2.24, 2.45) is 12.8 Å². The van der Waals surface area contributed by atoms with Crippen molar-refractivity contribution in [3.05, 3.63) is 6.20 Å². The molecule has 0 amide bonds. The Bertz CT molecular complexity index is 282. The summed E-state index contributed by atoms with van der Waals surface area (Å²) in [5, 5.41) is 7.96. The van der Waals surface area contributed by atoms with E-state index in [9.17, 15) is 0 Å². The number of piperidine rings is 1. The van der Waals surface area contributed by atoms with E-state index in [1.807, 2.05) is 13.2 Å². The zero-order valence-corrected chi connectivity index (χ0v) is 7.85. The molecule has 2 N–H and O–H groups in total. The molecule has 1 unspecified atom stereocenters. The molecule has 1 saturated heterocycles. The Kier molecular flexibility index (Phi) is 2.18. The van der Waals surface area contributed by atoms with Crippen molar-refractivity contribution < 1.29 is 0 Å². The van der Waals surface area contributed by atoms with Gasteiger partial charge in [0.1, 0.15) is 0 Å². The Hall–Kier alpha value is -1.10. The molecule has 1 fully saturated rings. The van der Waals surface area contributed by atoms with Crippen LogP contribution in [0.2, 0.25) is 0 Å². The maximum Gasteiger partial charge on any atom is 0.171 e. The van der Waals surface area contributed by atoms with E-state index in [0.29, 0.717) is 0 Å². The average Bonchev–Trinajstić information content (AvgIpc) is 2.52. The van der Waals surface area contributed by atoms with Gasteiger partial charge in [-0.2, -0.15) is 0 Å². The van der Waals surface area contributed by atoms with Gasteiger partial charge in [-0.3, -0.25) is 4.68 Å². The summed E-state index contributed by atoms with van der Waals surface area (Å²) >= 11 is 0. The van der Waals surface area contributed by atoms with Gasteiger partial charge in [0.15, 0.2) is 5.82 Å². The topological polar surface area (TPSA) is 60.0 Å². The number of hydrogen-bond acceptors (Lipinski definition) is 4. The van der Waals surface area contributed by atoms with Crippen molar-refractivity contribution in [1.29, 1.82) is 0 Å². The van der Waals surface area contributed by atoms with Crippen LogP contribution in [0.3, 0.4) is 0 Å². The minimum Gasteiger partial charge on any atom is -0.352 e. The van der Waals surface area contributed by atoms with E-state index in [-0.39, 0.29) is 6.04 Å². The largest absolute Gasteiger partial charge is 0.352 e. The van der Waals surface area contributed by atoms with Gasteiger partial charge in [0.2, 0.25) is 0 Å². The second-order valence-corrected chi connectivity index (χ2v) is 3.60. The van der Waals surface area contributed by atoms with Gasteiger partial charge in [-0.05, 0) is 12.8 Å². The second-order valence-electron chi connectivity index (χ2n) is 3.60. The highest BCUT2D eigenvalue weighted by atomic mass is 15.4. The smallest absolute Gasteiger partial charge is 0.171 e. The van der Waals surface area contributed by atoms with Crippen LogP contribution in [0.15, 0.2) is 6.20 Å². The third kappa shape index (κ3) is 1.80. The van der Waals surface area contributed by atoms with E-state index in [2.05, 4.69) is 15.2 Å². The minimum absolute atomic E-state index is 0.288. The van der Waals surface area contributed by atoms with Crippen LogP contribution in [0, 0.1) is 0 Å². The number of hydrogen-bond donors (Lipinski definition) is 1. The van der Waals surface area contributed by atoms with Crippen LogP contribution in [0.5, 0.6) is 0 Å². The summed E-state index contributed by atoms with van der Waals surface area (Å²) in [5.74, 6) is 0.942. The van der Waals surface area contributed by atoms with Crippen LogP contribution >= 0.6 is 0 Å². The number of aryl methyl sites for hydroxylation is 1. The first-order chi connectivity index (χ1) is 6.25. The zero-order chi connectivity index (χ0) is 9.26. The Morgan fingerprint density at radius 3 is 3.08 bits per heavy atom. The third-order valence-corrected chi connectivity index (χ3v) is 2.37. The summed E-state index contributed by atoms with van der Waals surface area (Å²) in [6.45, 7) is 1.95. The van der Waals surface area contributed by atoms with Gasteiger partial charge in [-0.25, -0.2) is 0 Å². The predicted molar refractivity (Wildman–Crippen MR) is 50.4 cm³/mol. The van der Waals surface area contributed by atoms with Gasteiger partial charge in [0.05, 0.1) is 6.20 Å². The van der Waals surface area contributed by atoms with Gasteiger partial charge >= 0.3 is 0 Å². The van der Waals surface area contributed by atoms with Gasteiger partial charge in [0.25, 0.3) is 0 Å². The molecule has 0 bridgehead atoms. The Balaban J connectivity index is 2.08. The Morgan fingerprint density at radius 2 is 2.46 bits per heavy atom. The zero-order valence-electron chi connectivity index (χ0n) is 7.85. The van der Waals surface area contributed by atoms with Crippen molar-refractivity contribution >= 4 is 5.82 Å². The molecule has 0 aliphatic carbocycles. The molecule has 1 aliphatic rings. The summed E-state index contributed by atoms with van der Waals surface area (Å²) in [7, 11) is 1.88. The van der Waals surface area contributed by atoms with Crippen molar-refractivity contribution in [2.45, 2.75) is 18.9 Å². The summed E-state index contributed by atoms with van der Waals surface area (Å²) in [4.78, 5) is 2.20. The SMILES string of the molecule is Cn1cc(N2CCCC(N)C2)nn1. The average molecular weight is 181 g/mol. The molecule has 13 heavy (non-hydrogen) atoms. The lowest BCUT2D eigenvalue weighted by atomic mass is 10.1. The van der Waals surface area contributed by atoms with Gasteiger partial charge in [-0.1, -0.05) is 5.21 Å². The number of aromatic nitrogens is 3. The lowest BCUT2D eigenvalue weighted by Gasteiger charge is -2.30. The maximum absolute atomic E-state index is 5.87. The summed E-state index contributed by atoms with van der Waals surface area (Å²) in [6.07, 6.45) is 4.20. The first kappa shape index (κ1) is 8.50. The van der Waals surface area contributed by atoms with E-state index >= 15 is 0 Å². The normalized spacial score (nSPS) is 23.5. The molecule has 5 nitrogen and oxygen atoms in total. The highest BCUT2D eigenvalue weighted by molar-refractivity contribution is 5.35. The first-order valence-corrected chi connectivity index (χ1v) is 4.62. The van der Waals surface area contributed by atoms with Crippen LogP contribution in [-0.4, -0.2) is 34.1 Å². The standard InChI is InChI=1S/C8H15N5/c1-12-6-8(10-11-12)13-4-2-3-7(9)5-13/h6-7H,2-5,9H2,1H3. The predicted octanol–water partition coefficient (Wildman–Crippen LogP) is -0.257. The molecule has 0 spiro atoms. The highest BCUT2D eigenvalue weighted by Gasteiger charge is 2.18. The summed E-state index contributed by atoms with van der Waals surface area (Å²) in [5.41, 5.74) is 5.87. The number of nitrogens with zero attached hydrogens (tertiary/aromatic N) is 4. The molecule has 1 atom stereocenters. The van der Waals surface area contributed by atoms with Crippen molar-refractivity contribution in [3.63, 3.8) is 0 Å². The van der Waals surface area contributed by atoms with Crippen LogP contribution in [0.25, 0.3) is 0 Å². The molecule has 5 heteroatoms. The monoisotopic (exact) mass is 181 g/mol. The van der Waals surface area contributed by atoms with Crippen LogP contribution in [0.1, 0.15) is 12.8 Å². The second kappa shape index (κ2) is 3.33. The fourth-order valence-corrected chi connectivity index (χ4v) is 1.70. The van der Waals surface area contributed by atoms with Crippen LogP contribution in [-0.2, 0) is 7.05 Å². The van der Waals surface area contributed by atoms with E-state index in [1.165, 1.54) is 0 Å². The van der Waals surface area contributed by atoms with Gasteiger partial charge < -0.3 is 10.6 Å². The molecule has 0 radical (unpaired) electrons. The molecule has 2 rings (SSSR count). The van der Waals surface area contributed by atoms with Crippen molar-refractivity contribution in [2.75, 3.05) is 18.0 Å². The molecule has 1 aliphatic heterocycles. The lowest BCUT2D eigenvalue weighted by Crippen LogP contribution is -2.43.